The van der Waals surface area contributed by atoms with Crippen molar-refractivity contribution in [3.8, 4) is 0 Å². The van der Waals surface area contributed by atoms with Gasteiger partial charge in [-0.05, 0) is 30.0 Å². The molecule has 1 saturated heterocycles. The van der Waals surface area contributed by atoms with Gasteiger partial charge in [-0.2, -0.15) is 0 Å². The molecular weight excluding hydrogens is 330 g/mol. The smallest absolute Gasteiger partial charge is 0.335 e. The number of carboxylic acid groups (broad SMARTS) is 1. The van der Waals surface area contributed by atoms with Gasteiger partial charge in [0.15, 0.2) is 0 Å². The fourth-order valence-electron chi connectivity index (χ4n) is 3.43. The van der Waals surface area contributed by atoms with E-state index in [1.54, 1.807) is 18.2 Å². The molecule has 0 radical (unpaired) electrons. The van der Waals surface area contributed by atoms with Crippen molar-refractivity contribution in [3.05, 3.63) is 71.3 Å². The molecule has 0 bridgehead atoms. The van der Waals surface area contributed by atoms with Gasteiger partial charge in [0.2, 0.25) is 5.91 Å². The summed E-state index contributed by atoms with van der Waals surface area (Å²) in [6.07, 6.45) is 2.01. The summed E-state index contributed by atoms with van der Waals surface area (Å²) in [5, 5.41) is 12.2. The highest BCUT2D eigenvalue weighted by molar-refractivity contribution is 5.91. The Morgan fingerprint density at radius 1 is 1.08 bits per heavy atom. The van der Waals surface area contributed by atoms with Crippen LogP contribution in [0.25, 0.3) is 0 Å². The molecule has 5 nitrogen and oxygen atoms in total. The molecule has 1 amide bonds. The first-order chi connectivity index (χ1) is 12.6. The second-order valence-electron chi connectivity index (χ2n) is 6.55. The van der Waals surface area contributed by atoms with E-state index in [0.29, 0.717) is 12.1 Å². The summed E-state index contributed by atoms with van der Waals surface area (Å²) in [6, 6.07) is 16.7. The number of hydrogen-bond acceptors (Lipinski definition) is 3. The van der Waals surface area contributed by atoms with Gasteiger partial charge in [0.25, 0.3) is 0 Å². The number of aromatic carboxylic acids is 1. The summed E-state index contributed by atoms with van der Waals surface area (Å²) in [4.78, 5) is 23.6. The van der Waals surface area contributed by atoms with E-state index in [4.69, 9.17) is 4.74 Å². The summed E-state index contributed by atoms with van der Waals surface area (Å²) in [5.74, 6) is -0.973. The third-order valence-electron chi connectivity index (χ3n) is 4.73. The van der Waals surface area contributed by atoms with Crippen LogP contribution in [0.1, 0.15) is 40.4 Å². The van der Waals surface area contributed by atoms with Crippen LogP contribution in [0.15, 0.2) is 54.6 Å². The molecule has 0 saturated carbocycles. The zero-order valence-corrected chi connectivity index (χ0v) is 14.6. The summed E-state index contributed by atoms with van der Waals surface area (Å²) in [7, 11) is 0. The standard InChI is InChI=1S/C21H23NO4/c23-19(13-16-9-4-5-11-18(16)21(24)25)22-14-17-10-6-12-26-20(17)15-7-2-1-3-8-15/h1-5,7-9,11,17,20H,6,10,12-14H2,(H,22,23)(H,24,25). The molecule has 0 aliphatic carbocycles. The molecule has 1 fully saturated rings. The zero-order valence-electron chi connectivity index (χ0n) is 14.6. The summed E-state index contributed by atoms with van der Waals surface area (Å²) < 4.78 is 5.95. The first-order valence-electron chi connectivity index (χ1n) is 8.89. The van der Waals surface area contributed by atoms with Crippen LogP contribution in [0.4, 0.5) is 0 Å². The molecule has 1 aliphatic heterocycles. The molecule has 3 rings (SSSR count). The predicted octanol–water partition coefficient (Wildman–Crippen LogP) is 3.21. The van der Waals surface area contributed by atoms with E-state index in [2.05, 4.69) is 5.32 Å². The normalized spacial score (nSPS) is 19.7. The number of carbonyl (C=O) groups excluding carboxylic acids is 1. The minimum Gasteiger partial charge on any atom is -0.478 e. The molecule has 2 atom stereocenters. The molecule has 2 aromatic rings. The Kier molecular flexibility index (Phi) is 6.02. The van der Waals surface area contributed by atoms with Gasteiger partial charge in [0.05, 0.1) is 18.1 Å². The van der Waals surface area contributed by atoms with Crippen molar-refractivity contribution in [2.75, 3.05) is 13.2 Å². The van der Waals surface area contributed by atoms with Gasteiger partial charge in [-0.3, -0.25) is 4.79 Å². The van der Waals surface area contributed by atoms with Gasteiger partial charge >= 0.3 is 5.97 Å². The van der Waals surface area contributed by atoms with Crippen LogP contribution in [-0.4, -0.2) is 30.1 Å². The highest BCUT2D eigenvalue weighted by Gasteiger charge is 2.27. The Morgan fingerprint density at radius 2 is 1.81 bits per heavy atom. The number of rotatable bonds is 6. The van der Waals surface area contributed by atoms with Crippen LogP contribution in [0.5, 0.6) is 0 Å². The van der Waals surface area contributed by atoms with E-state index in [1.807, 2.05) is 30.3 Å². The molecule has 26 heavy (non-hydrogen) atoms. The minimum absolute atomic E-state index is 0.0171. The van der Waals surface area contributed by atoms with Gasteiger partial charge in [-0.15, -0.1) is 0 Å². The Hall–Kier alpha value is -2.66. The maximum Gasteiger partial charge on any atom is 0.335 e. The second kappa shape index (κ2) is 8.63. The molecule has 2 aromatic carbocycles. The molecular formula is C21H23NO4. The van der Waals surface area contributed by atoms with Crippen molar-refractivity contribution in [1.29, 1.82) is 0 Å². The van der Waals surface area contributed by atoms with Crippen LogP contribution in [0, 0.1) is 5.92 Å². The Balaban J connectivity index is 1.61. The van der Waals surface area contributed by atoms with E-state index < -0.39 is 5.97 Å². The number of carbonyl (C=O) groups is 2. The molecule has 2 N–H and O–H groups in total. The lowest BCUT2D eigenvalue weighted by Crippen LogP contribution is -2.36. The molecule has 1 heterocycles. The minimum atomic E-state index is -1.02. The second-order valence-corrected chi connectivity index (χ2v) is 6.55. The Labute approximate surface area is 153 Å². The van der Waals surface area contributed by atoms with Gasteiger partial charge < -0.3 is 15.2 Å². The van der Waals surface area contributed by atoms with E-state index >= 15 is 0 Å². The van der Waals surface area contributed by atoms with E-state index in [9.17, 15) is 14.7 Å². The van der Waals surface area contributed by atoms with E-state index in [0.717, 1.165) is 25.0 Å². The van der Waals surface area contributed by atoms with Crippen LogP contribution in [0.3, 0.4) is 0 Å². The van der Waals surface area contributed by atoms with Crippen molar-refractivity contribution in [2.45, 2.75) is 25.4 Å². The SMILES string of the molecule is O=C(Cc1ccccc1C(=O)O)NCC1CCCOC1c1ccccc1. The van der Waals surface area contributed by atoms with Gasteiger partial charge in [-0.25, -0.2) is 4.79 Å². The molecule has 2 unspecified atom stereocenters. The van der Waals surface area contributed by atoms with Crippen molar-refractivity contribution in [3.63, 3.8) is 0 Å². The lowest BCUT2D eigenvalue weighted by atomic mass is 9.89. The highest BCUT2D eigenvalue weighted by atomic mass is 16.5. The number of hydrogen-bond donors (Lipinski definition) is 2. The van der Waals surface area contributed by atoms with Gasteiger partial charge in [0, 0.05) is 19.1 Å². The maximum atomic E-state index is 12.3. The number of carboxylic acids is 1. The molecule has 5 heteroatoms. The number of amides is 1. The average Bonchev–Trinajstić information content (AvgIpc) is 2.67. The monoisotopic (exact) mass is 353 g/mol. The number of nitrogens with one attached hydrogen (secondary N) is 1. The quantitative estimate of drug-likeness (QED) is 0.836. The number of benzene rings is 2. The zero-order chi connectivity index (χ0) is 18.4. The molecule has 1 aliphatic rings. The lowest BCUT2D eigenvalue weighted by molar-refractivity contribution is -0.121. The van der Waals surface area contributed by atoms with Crippen LogP contribution < -0.4 is 5.32 Å². The molecule has 136 valence electrons. The fourth-order valence-corrected chi connectivity index (χ4v) is 3.43. The van der Waals surface area contributed by atoms with Crippen LogP contribution in [0.2, 0.25) is 0 Å². The van der Waals surface area contributed by atoms with E-state index in [-0.39, 0.29) is 29.9 Å². The largest absolute Gasteiger partial charge is 0.478 e. The lowest BCUT2D eigenvalue weighted by Gasteiger charge is -2.32. The highest BCUT2D eigenvalue weighted by Crippen LogP contribution is 2.33. The summed E-state index contributed by atoms with van der Waals surface area (Å²) >= 11 is 0. The summed E-state index contributed by atoms with van der Waals surface area (Å²) in [5.41, 5.74) is 1.82. The third-order valence-corrected chi connectivity index (χ3v) is 4.73. The van der Waals surface area contributed by atoms with Crippen molar-refractivity contribution in [1.82, 2.24) is 5.32 Å². The first kappa shape index (κ1) is 18.1. The van der Waals surface area contributed by atoms with Crippen LogP contribution in [-0.2, 0) is 16.0 Å². The molecule has 0 aromatic heterocycles. The number of ether oxygens (including phenoxy) is 1. The van der Waals surface area contributed by atoms with E-state index in [1.165, 1.54) is 6.07 Å². The van der Waals surface area contributed by atoms with Crippen molar-refractivity contribution < 1.29 is 19.4 Å². The maximum absolute atomic E-state index is 12.3. The van der Waals surface area contributed by atoms with Crippen LogP contribution >= 0.6 is 0 Å². The van der Waals surface area contributed by atoms with Gasteiger partial charge in [0.1, 0.15) is 0 Å². The Morgan fingerprint density at radius 3 is 2.58 bits per heavy atom. The first-order valence-corrected chi connectivity index (χ1v) is 8.89. The topological polar surface area (TPSA) is 75.6 Å². The third kappa shape index (κ3) is 4.49. The summed E-state index contributed by atoms with van der Waals surface area (Å²) in [6.45, 7) is 1.25. The molecule has 0 spiro atoms. The average molecular weight is 353 g/mol. The van der Waals surface area contributed by atoms with Gasteiger partial charge in [-0.1, -0.05) is 48.5 Å². The van der Waals surface area contributed by atoms with Crippen molar-refractivity contribution in [2.24, 2.45) is 5.92 Å². The Bertz CT molecular complexity index is 760. The fraction of sp³-hybridized carbons (Fsp3) is 0.333. The predicted molar refractivity (Wildman–Crippen MR) is 98.0 cm³/mol. The van der Waals surface area contributed by atoms with Crippen molar-refractivity contribution >= 4 is 11.9 Å².